The molecule has 2 unspecified atom stereocenters. The molecule has 0 radical (unpaired) electrons. The van der Waals surface area contributed by atoms with E-state index in [4.69, 9.17) is 0 Å². The van der Waals surface area contributed by atoms with Crippen LogP contribution in [0.3, 0.4) is 0 Å². The van der Waals surface area contributed by atoms with Gasteiger partial charge in [0.05, 0.1) is 11.5 Å². The van der Waals surface area contributed by atoms with Gasteiger partial charge in [0.1, 0.15) is 11.6 Å². The third-order valence-electron chi connectivity index (χ3n) is 4.56. The van der Waals surface area contributed by atoms with Crippen LogP contribution in [0.1, 0.15) is 44.9 Å². The average molecular weight is 292 g/mol. The molecule has 0 bridgehead atoms. The van der Waals surface area contributed by atoms with E-state index in [1.165, 1.54) is 0 Å². The minimum absolute atomic E-state index is 0.149. The van der Waals surface area contributed by atoms with Crippen LogP contribution in [0, 0.1) is 11.3 Å². The standard InChI is InChI=1S/C13H21FO4S/c14-11-6-7-19(17,18)9-13(11,12(15)16)8-10-4-2-1-3-5-10/h10-11H,1-9H2,(H,15,16). The lowest BCUT2D eigenvalue weighted by Gasteiger charge is -2.39. The normalized spacial score (nSPS) is 35.9. The summed E-state index contributed by atoms with van der Waals surface area (Å²) in [4.78, 5) is 11.5. The van der Waals surface area contributed by atoms with Crippen molar-refractivity contribution < 1.29 is 22.7 Å². The van der Waals surface area contributed by atoms with Crippen LogP contribution in [0.15, 0.2) is 0 Å². The van der Waals surface area contributed by atoms with Gasteiger partial charge in [-0.25, -0.2) is 12.8 Å². The molecule has 1 N–H and O–H groups in total. The third kappa shape index (κ3) is 3.09. The van der Waals surface area contributed by atoms with E-state index in [-0.39, 0.29) is 24.5 Å². The van der Waals surface area contributed by atoms with Crippen molar-refractivity contribution in [2.24, 2.45) is 11.3 Å². The number of alkyl halides is 1. The Kier molecular flexibility index (Phi) is 4.18. The number of carboxylic acids is 1. The summed E-state index contributed by atoms with van der Waals surface area (Å²) < 4.78 is 37.7. The zero-order valence-electron chi connectivity index (χ0n) is 11.0. The second-order valence-corrected chi connectivity index (χ2v) is 8.20. The topological polar surface area (TPSA) is 71.4 Å². The van der Waals surface area contributed by atoms with Crippen LogP contribution in [0.25, 0.3) is 0 Å². The van der Waals surface area contributed by atoms with Gasteiger partial charge in [-0.1, -0.05) is 32.1 Å². The predicted molar refractivity (Wildman–Crippen MR) is 69.4 cm³/mol. The Hall–Kier alpha value is -0.650. The summed E-state index contributed by atoms with van der Waals surface area (Å²) >= 11 is 0. The van der Waals surface area contributed by atoms with Gasteiger partial charge >= 0.3 is 5.97 Å². The van der Waals surface area contributed by atoms with Gasteiger partial charge in [0.15, 0.2) is 9.84 Å². The van der Waals surface area contributed by atoms with Crippen molar-refractivity contribution in [2.75, 3.05) is 11.5 Å². The monoisotopic (exact) mass is 292 g/mol. The van der Waals surface area contributed by atoms with Gasteiger partial charge < -0.3 is 5.11 Å². The molecule has 2 rings (SSSR count). The van der Waals surface area contributed by atoms with E-state index >= 15 is 0 Å². The SMILES string of the molecule is O=C(O)C1(CC2CCCCC2)CS(=O)(=O)CCC1F. The minimum Gasteiger partial charge on any atom is -0.481 e. The van der Waals surface area contributed by atoms with Gasteiger partial charge in [0.2, 0.25) is 0 Å². The second-order valence-electron chi connectivity index (χ2n) is 6.02. The average Bonchev–Trinajstić information content (AvgIpc) is 2.34. The lowest BCUT2D eigenvalue weighted by Crippen LogP contribution is -2.51. The molecule has 0 aromatic carbocycles. The molecular weight excluding hydrogens is 271 g/mol. The Morgan fingerprint density at radius 3 is 2.42 bits per heavy atom. The maximum atomic E-state index is 14.2. The number of hydrogen-bond donors (Lipinski definition) is 1. The number of carboxylic acid groups (broad SMARTS) is 1. The first kappa shape index (κ1) is 14.8. The van der Waals surface area contributed by atoms with Gasteiger partial charge in [-0.05, 0) is 18.8 Å². The molecule has 2 aliphatic rings. The summed E-state index contributed by atoms with van der Waals surface area (Å²) in [6.45, 7) is 0. The number of halogens is 1. The second kappa shape index (κ2) is 5.38. The Labute approximate surface area is 113 Å². The molecule has 1 saturated heterocycles. The number of aliphatic carboxylic acids is 1. The quantitative estimate of drug-likeness (QED) is 0.865. The molecule has 19 heavy (non-hydrogen) atoms. The number of rotatable bonds is 3. The maximum Gasteiger partial charge on any atom is 0.313 e. The maximum absolute atomic E-state index is 14.2. The molecule has 1 saturated carbocycles. The van der Waals surface area contributed by atoms with Gasteiger partial charge in [-0.3, -0.25) is 4.79 Å². The molecule has 4 nitrogen and oxygen atoms in total. The van der Waals surface area contributed by atoms with Crippen molar-refractivity contribution in [2.45, 2.75) is 51.1 Å². The summed E-state index contributed by atoms with van der Waals surface area (Å²) in [5.41, 5.74) is -1.71. The zero-order chi connectivity index (χ0) is 14.1. The highest BCUT2D eigenvalue weighted by molar-refractivity contribution is 7.91. The molecule has 1 aliphatic heterocycles. The molecule has 0 amide bonds. The van der Waals surface area contributed by atoms with Crippen LogP contribution >= 0.6 is 0 Å². The van der Waals surface area contributed by atoms with Crippen molar-refractivity contribution >= 4 is 15.8 Å². The summed E-state index contributed by atoms with van der Waals surface area (Å²) in [5.74, 6) is -1.90. The van der Waals surface area contributed by atoms with Gasteiger partial charge in [0.25, 0.3) is 0 Å². The fourth-order valence-electron chi connectivity index (χ4n) is 3.49. The first-order chi connectivity index (χ1) is 8.86. The Balaban J connectivity index is 2.22. The predicted octanol–water partition coefficient (Wildman–Crippen LogP) is 2.18. The third-order valence-corrected chi connectivity index (χ3v) is 6.38. The van der Waals surface area contributed by atoms with Gasteiger partial charge in [-0.2, -0.15) is 0 Å². The van der Waals surface area contributed by atoms with Crippen LogP contribution in [0.5, 0.6) is 0 Å². The lowest BCUT2D eigenvalue weighted by atomic mass is 9.72. The Bertz CT molecular complexity index is 442. The van der Waals surface area contributed by atoms with E-state index in [9.17, 15) is 22.7 Å². The highest BCUT2D eigenvalue weighted by Crippen LogP contribution is 2.43. The van der Waals surface area contributed by atoms with E-state index in [1.54, 1.807) is 0 Å². The van der Waals surface area contributed by atoms with Crippen molar-refractivity contribution in [1.82, 2.24) is 0 Å². The van der Waals surface area contributed by atoms with Crippen molar-refractivity contribution in [3.8, 4) is 0 Å². The molecule has 110 valence electrons. The Morgan fingerprint density at radius 2 is 1.84 bits per heavy atom. The molecule has 0 spiro atoms. The number of sulfone groups is 1. The van der Waals surface area contributed by atoms with Crippen molar-refractivity contribution in [3.63, 3.8) is 0 Å². The molecule has 0 aromatic rings. The first-order valence-corrected chi connectivity index (χ1v) is 8.76. The van der Waals surface area contributed by atoms with Gasteiger partial charge in [-0.15, -0.1) is 0 Å². The number of carbonyl (C=O) groups is 1. The fourth-order valence-corrected chi connectivity index (χ4v) is 5.41. The molecule has 0 aromatic heterocycles. The lowest BCUT2D eigenvalue weighted by molar-refractivity contribution is -0.153. The van der Waals surface area contributed by atoms with Crippen molar-refractivity contribution in [3.05, 3.63) is 0 Å². The highest BCUT2D eigenvalue weighted by atomic mass is 32.2. The van der Waals surface area contributed by atoms with E-state index in [2.05, 4.69) is 0 Å². The van der Waals surface area contributed by atoms with E-state index in [1.807, 2.05) is 0 Å². The molecule has 2 fully saturated rings. The zero-order valence-corrected chi connectivity index (χ0v) is 11.8. The van der Waals surface area contributed by atoms with Crippen LogP contribution < -0.4 is 0 Å². The molecule has 1 aliphatic carbocycles. The van der Waals surface area contributed by atoms with E-state index < -0.39 is 33.1 Å². The summed E-state index contributed by atoms with van der Waals surface area (Å²) in [7, 11) is -3.44. The van der Waals surface area contributed by atoms with Crippen LogP contribution in [-0.2, 0) is 14.6 Å². The molecule has 1 heterocycles. The van der Waals surface area contributed by atoms with E-state index in [0.717, 1.165) is 32.1 Å². The number of hydrogen-bond acceptors (Lipinski definition) is 3. The smallest absolute Gasteiger partial charge is 0.313 e. The summed E-state index contributed by atoms with van der Waals surface area (Å²) in [6.07, 6.45) is 3.42. The molecule has 6 heteroatoms. The van der Waals surface area contributed by atoms with Crippen LogP contribution in [-0.4, -0.2) is 37.2 Å². The molecule has 2 atom stereocenters. The van der Waals surface area contributed by atoms with Crippen LogP contribution in [0.4, 0.5) is 4.39 Å². The summed E-state index contributed by atoms with van der Waals surface area (Å²) in [5, 5.41) is 9.42. The van der Waals surface area contributed by atoms with Gasteiger partial charge in [0, 0.05) is 0 Å². The first-order valence-electron chi connectivity index (χ1n) is 6.94. The Morgan fingerprint density at radius 1 is 1.21 bits per heavy atom. The minimum atomic E-state index is -3.44. The highest BCUT2D eigenvalue weighted by Gasteiger charge is 2.53. The molecular formula is C13H21FO4S. The largest absolute Gasteiger partial charge is 0.481 e. The fraction of sp³-hybridized carbons (Fsp3) is 0.923. The summed E-state index contributed by atoms with van der Waals surface area (Å²) in [6, 6.07) is 0. The van der Waals surface area contributed by atoms with Crippen LogP contribution in [0.2, 0.25) is 0 Å². The van der Waals surface area contributed by atoms with E-state index in [0.29, 0.717) is 0 Å². The van der Waals surface area contributed by atoms with Crippen molar-refractivity contribution in [1.29, 1.82) is 0 Å².